The Labute approximate surface area is 161 Å². The van der Waals surface area contributed by atoms with Crippen LogP contribution >= 0.6 is 0 Å². The number of ketones is 2. The molecule has 2 heterocycles. The van der Waals surface area contributed by atoms with Gasteiger partial charge in [0.05, 0.1) is 17.8 Å². The molecule has 1 aliphatic heterocycles. The number of nitrogens with zero attached hydrogens (tertiary/aromatic N) is 1. The van der Waals surface area contributed by atoms with Crippen LogP contribution in [-0.2, 0) is 14.3 Å². The van der Waals surface area contributed by atoms with E-state index < -0.39 is 5.92 Å². The van der Waals surface area contributed by atoms with Crippen LogP contribution in [0.2, 0.25) is 0 Å². The molecule has 2 aliphatic carbocycles. The molecule has 28 heavy (non-hydrogen) atoms. The summed E-state index contributed by atoms with van der Waals surface area (Å²) in [4.78, 5) is 25.7. The molecular formula is C22H19FN2O3. The molecule has 6 heteroatoms. The fraction of sp³-hybridized carbons (Fsp3) is 0.318. The Morgan fingerprint density at radius 3 is 2.14 bits per heavy atom. The molecule has 0 saturated heterocycles. The van der Waals surface area contributed by atoms with Gasteiger partial charge in [0.1, 0.15) is 17.3 Å². The molecule has 0 unspecified atom stereocenters. The van der Waals surface area contributed by atoms with Gasteiger partial charge in [0.15, 0.2) is 11.6 Å². The van der Waals surface area contributed by atoms with Crippen LogP contribution < -0.4 is 0 Å². The summed E-state index contributed by atoms with van der Waals surface area (Å²) in [6, 6.07) is 6.11. The van der Waals surface area contributed by atoms with Crippen molar-refractivity contribution >= 4 is 11.6 Å². The first kappa shape index (κ1) is 17.1. The van der Waals surface area contributed by atoms with E-state index in [-0.39, 0.29) is 17.4 Å². The van der Waals surface area contributed by atoms with Gasteiger partial charge in [0.2, 0.25) is 0 Å². The van der Waals surface area contributed by atoms with Gasteiger partial charge >= 0.3 is 0 Å². The Bertz CT molecular complexity index is 1000. The first-order valence-electron chi connectivity index (χ1n) is 9.63. The van der Waals surface area contributed by atoms with E-state index in [0.717, 1.165) is 24.0 Å². The van der Waals surface area contributed by atoms with Gasteiger partial charge in [0.25, 0.3) is 0 Å². The standard InChI is InChI=1S/C22H19FN2O3/c23-13-9-7-12(8-10-13)22-14(11-24-25-22)19-20-15(26)3-1-5-17(20)28-18-6-2-4-16(27)21(18)19/h7-11,19H,1-6H2,(H,24,25). The van der Waals surface area contributed by atoms with E-state index in [2.05, 4.69) is 10.2 Å². The molecule has 5 rings (SSSR count). The monoisotopic (exact) mass is 378 g/mol. The maximum atomic E-state index is 13.4. The van der Waals surface area contributed by atoms with Crippen molar-refractivity contribution in [1.82, 2.24) is 10.2 Å². The molecule has 3 aliphatic rings. The third-order valence-corrected chi connectivity index (χ3v) is 5.75. The number of ether oxygens (including phenoxy) is 1. The Hall–Kier alpha value is -3.02. The molecule has 0 saturated carbocycles. The predicted molar refractivity (Wildman–Crippen MR) is 99.6 cm³/mol. The summed E-state index contributed by atoms with van der Waals surface area (Å²) in [5.74, 6) is 0.653. The number of rotatable bonds is 2. The number of aromatic amines is 1. The molecule has 142 valence electrons. The number of hydrogen-bond donors (Lipinski definition) is 1. The number of nitrogens with one attached hydrogen (secondary N) is 1. The Kier molecular flexibility index (Phi) is 4.00. The van der Waals surface area contributed by atoms with Crippen LogP contribution in [0.15, 0.2) is 53.1 Å². The lowest BCUT2D eigenvalue weighted by Crippen LogP contribution is -2.30. The van der Waals surface area contributed by atoms with E-state index in [1.807, 2.05) is 0 Å². The lowest BCUT2D eigenvalue weighted by Gasteiger charge is -2.35. The quantitative estimate of drug-likeness (QED) is 0.844. The van der Waals surface area contributed by atoms with Crippen molar-refractivity contribution in [3.05, 3.63) is 64.5 Å². The molecule has 0 fully saturated rings. The molecule has 1 aromatic heterocycles. The van der Waals surface area contributed by atoms with E-state index in [9.17, 15) is 14.0 Å². The van der Waals surface area contributed by atoms with Crippen molar-refractivity contribution in [2.45, 2.75) is 44.4 Å². The van der Waals surface area contributed by atoms with Gasteiger partial charge in [-0.05, 0) is 37.1 Å². The summed E-state index contributed by atoms with van der Waals surface area (Å²) < 4.78 is 19.4. The molecule has 0 radical (unpaired) electrons. The molecule has 0 amide bonds. The number of carbonyl (C=O) groups excluding carboxylic acids is 2. The topological polar surface area (TPSA) is 72.0 Å². The Morgan fingerprint density at radius 1 is 0.929 bits per heavy atom. The minimum atomic E-state index is -0.474. The van der Waals surface area contributed by atoms with E-state index in [0.29, 0.717) is 54.0 Å². The number of H-pyrrole nitrogens is 1. The van der Waals surface area contributed by atoms with E-state index >= 15 is 0 Å². The van der Waals surface area contributed by atoms with Crippen LogP contribution in [0, 0.1) is 5.82 Å². The van der Waals surface area contributed by atoms with Gasteiger partial charge in [-0.1, -0.05) is 0 Å². The van der Waals surface area contributed by atoms with E-state index in [4.69, 9.17) is 4.74 Å². The Morgan fingerprint density at radius 2 is 1.54 bits per heavy atom. The van der Waals surface area contributed by atoms with Crippen LogP contribution in [0.4, 0.5) is 4.39 Å². The van der Waals surface area contributed by atoms with Crippen LogP contribution in [0.3, 0.4) is 0 Å². The minimum Gasteiger partial charge on any atom is -0.465 e. The molecule has 0 bridgehead atoms. The number of halogens is 1. The number of Topliss-reactive ketones (excluding diaryl/α,β-unsaturated/α-hetero) is 2. The van der Waals surface area contributed by atoms with Crippen molar-refractivity contribution in [1.29, 1.82) is 0 Å². The number of aromatic nitrogens is 2. The molecule has 0 spiro atoms. The zero-order chi connectivity index (χ0) is 19.3. The smallest absolute Gasteiger partial charge is 0.163 e. The average molecular weight is 378 g/mol. The van der Waals surface area contributed by atoms with E-state index in [1.165, 1.54) is 12.1 Å². The van der Waals surface area contributed by atoms with Crippen LogP contribution in [0.1, 0.15) is 50.0 Å². The third kappa shape index (κ3) is 2.63. The normalized spacial score (nSPS) is 20.2. The third-order valence-electron chi connectivity index (χ3n) is 5.75. The Balaban J connectivity index is 1.71. The highest BCUT2D eigenvalue weighted by Gasteiger charge is 2.43. The first-order chi connectivity index (χ1) is 13.6. The summed E-state index contributed by atoms with van der Waals surface area (Å²) in [5.41, 5.74) is 3.40. The lowest BCUT2D eigenvalue weighted by molar-refractivity contribution is -0.117. The van der Waals surface area contributed by atoms with Gasteiger partial charge in [-0.2, -0.15) is 5.10 Å². The van der Waals surface area contributed by atoms with Crippen LogP contribution in [0.25, 0.3) is 11.3 Å². The second kappa shape index (κ2) is 6.55. The minimum absolute atomic E-state index is 0.0300. The second-order valence-electron chi connectivity index (χ2n) is 7.47. The van der Waals surface area contributed by atoms with Gasteiger partial charge in [-0.3, -0.25) is 14.7 Å². The summed E-state index contributed by atoms with van der Waals surface area (Å²) in [6.07, 6.45) is 5.51. The predicted octanol–water partition coefficient (Wildman–Crippen LogP) is 4.34. The number of benzene rings is 1. The molecule has 5 nitrogen and oxygen atoms in total. The number of carbonyl (C=O) groups is 2. The van der Waals surface area contributed by atoms with Gasteiger partial charge < -0.3 is 4.74 Å². The zero-order valence-corrected chi connectivity index (χ0v) is 15.3. The lowest BCUT2D eigenvalue weighted by atomic mass is 9.73. The fourth-order valence-electron chi connectivity index (χ4n) is 4.49. The maximum Gasteiger partial charge on any atom is 0.163 e. The fourth-order valence-corrected chi connectivity index (χ4v) is 4.49. The maximum absolute atomic E-state index is 13.4. The van der Waals surface area contributed by atoms with Crippen molar-refractivity contribution in [2.75, 3.05) is 0 Å². The second-order valence-corrected chi connectivity index (χ2v) is 7.47. The van der Waals surface area contributed by atoms with Crippen molar-refractivity contribution in [3.8, 4) is 11.3 Å². The molecule has 2 aromatic rings. The molecule has 0 atom stereocenters. The van der Waals surface area contributed by atoms with Gasteiger partial charge in [-0.25, -0.2) is 4.39 Å². The van der Waals surface area contributed by atoms with Crippen LogP contribution in [-0.4, -0.2) is 21.8 Å². The van der Waals surface area contributed by atoms with Crippen LogP contribution in [0.5, 0.6) is 0 Å². The number of hydrogen-bond acceptors (Lipinski definition) is 4. The van der Waals surface area contributed by atoms with Crippen molar-refractivity contribution in [2.24, 2.45) is 0 Å². The largest absolute Gasteiger partial charge is 0.465 e. The molecule has 1 N–H and O–H groups in total. The summed E-state index contributed by atoms with van der Waals surface area (Å²) >= 11 is 0. The molecule has 1 aromatic carbocycles. The summed E-state index contributed by atoms with van der Waals surface area (Å²) in [7, 11) is 0. The summed E-state index contributed by atoms with van der Waals surface area (Å²) in [5, 5.41) is 7.17. The highest BCUT2D eigenvalue weighted by molar-refractivity contribution is 6.06. The highest BCUT2D eigenvalue weighted by Crippen LogP contribution is 2.49. The van der Waals surface area contributed by atoms with Crippen molar-refractivity contribution < 1.29 is 18.7 Å². The zero-order valence-electron chi connectivity index (χ0n) is 15.3. The average Bonchev–Trinajstić information content (AvgIpc) is 3.17. The highest BCUT2D eigenvalue weighted by atomic mass is 19.1. The number of allylic oxidation sites excluding steroid dienone is 4. The van der Waals surface area contributed by atoms with Gasteiger partial charge in [0, 0.05) is 48.0 Å². The summed E-state index contributed by atoms with van der Waals surface area (Å²) in [6.45, 7) is 0. The van der Waals surface area contributed by atoms with E-state index in [1.54, 1.807) is 18.3 Å². The SMILES string of the molecule is O=C1CCCC2=C1C(c1cn[nH]c1-c1ccc(F)cc1)C1=C(CCCC1=O)O2. The first-order valence-corrected chi connectivity index (χ1v) is 9.63. The van der Waals surface area contributed by atoms with Crippen molar-refractivity contribution in [3.63, 3.8) is 0 Å². The molecular weight excluding hydrogens is 359 g/mol. The van der Waals surface area contributed by atoms with Gasteiger partial charge in [-0.15, -0.1) is 0 Å².